The molecular formula is C15H29N3. The molecule has 3 heteroatoms. The highest BCUT2D eigenvalue weighted by atomic mass is 15.1. The SMILES string of the molecule is CCC(C)CN(C)C(C)CC(C)(C#N)NC1CC1. The fourth-order valence-corrected chi connectivity index (χ4v) is 2.36. The lowest BCUT2D eigenvalue weighted by atomic mass is 9.94. The van der Waals surface area contributed by atoms with E-state index in [0.29, 0.717) is 12.1 Å². The van der Waals surface area contributed by atoms with Crippen LogP contribution in [-0.4, -0.2) is 36.1 Å². The summed E-state index contributed by atoms with van der Waals surface area (Å²) in [5, 5.41) is 12.9. The van der Waals surface area contributed by atoms with Gasteiger partial charge in [0.05, 0.1) is 6.07 Å². The highest BCUT2D eigenvalue weighted by Gasteiger charge is 2.34. The average Bonchev–Trinajstić information content (AvgIpc) is 3.12. The third-order valence-corrected chi connectivity index (χ3v) is 4.10. The molecule has 3 nitrogen and oxygen atoms in total. The van der Waals surface area contributed by atoms with E-state index in [4.69, 9.17) is 0 Å². The first-order chi connectivity index (χ1) is 8.40. The highest BCUT2D eigenvalue weighted by molar-refractivity contribution is 5.08. The van der Waals surface area contributed by atoms with Gasteiger partial charge in [0.2, 0.25) is 0 Å². The summed E-state index contributed by atoms with van der Waals surface area (Å²) in [6.45, 7) is 9.90. The molecule has 0 bridgehead atoms. The molecule has 18 heavy (non-hydrogen) atoms. The Bertz CT molecular complexity index is 293. The first-order valence-electron chi connectivity index (χ1n) is 7.29. The Hall–Kier alpha value is -0.590. The van der Waals surface area contributed by atoms with Gasteiger partial charge in [-0.1, -0.05) is 20.3 Å². The summed E-state index contributed by atoms with van der Waals surface area (Å²) in [5.74, 6) is 0.724. The van der Waals surface area contributed by atoms with Crippen LogP contribution in [0.5, 0.6) is 0 Å². The molecule has 0 amide bonds. The summed E-state index contributed by atoms with van der Waals surface area (Å²) in [6.07, 6.45) is 4.57. The van der Waals surface area contributed by atoms with Gasteiger partial charge in [0.25, 0.3) is 0 Å². The Kier molecular flexibility index (Phi) is 5.62. The fraction of sp³-hybridized carbons (Fsp3) is 0.933. The summed E-state index contributed by atoms with van der Waals surface area (Å²) in [4.78, 5) is 2.39. The Morgan fingerprint density at radius 1 is 1.44 bits per heavy atom. The number of nitrogens with zero attached hydrogens (tertiary/aromatic N) is 2. The van der Waals surface area contributed by atoms with Gasteiger partial charge >= 0.3 is 0 Å². The van der Waals surface area contributed by atoms with Gasteiger partial charge in [0.15, 0.2) is 0 Å². The maximum atomic E-state index is 9.39. The van der Waals surface area contributed by atoms with E-state index in [9.17, 15) is 5.26 Å². The zero-order chi connectivity index (χ0) is 13.8. The van der Waals surface area contributed by atoms with Gasteiger partial charge in [-0.15, -0.1) is 0 Å². The van der Waals surface area contributed by atoms with E-state index in [1.165, 1.54) is 19.3 Å². The van der Waals surface area contributed by atoms with Crippen LogP contribution in [0.4, 0.5) is 0 Å². The van der Waals surface area contributed by atoms with Gasteiger partial charge < -0.3 is 4.90 Å². The second-order valence-electron chi connectivity index (χ2n) is 6.37. The summed E-state index contributed by atoms with van der Waals surface area (Å²) < 4.78 is 0. The zero-order valence-corrected chi connectivity index (χ0v) is 12.7. The van der Waals surface area contributed by atoms with Gasteiger partial charge in [-0.25, -0.2) is 0 Å². The van der Waals surface area contributed by atoms with E-state index >= 15 is 0 Å². The summed E-state index contributed by atoms with van der Waals surface area (Å²) in [5.41, 5.74) is -0.371. The third-order valence-electron chi connectivity index (χ3n) is 4.10. The van der Waals surface area contributed by atoms with Gasteiger partial charge in [-0.05, 0) is 46.1 Å². The van der Waals surface area contributed by atoms with Crippen molar-refractivity contribution in [1.29, 1.82) is 5.26 Å². The second-order valence-corrected chi connectivity index (χ2v) is 6.37. The van der Waals surface area contributed by atoms with Crippen LogP contribution in [0.2, 0.25) is 0 Å². The van der Waals surface area contributed by atoms with Crippen LogP contribution in [0.1, 0.15) is 53.4 Å². The average molecular weight is 251 g/mol. The minimum Gasteiger partial charge on any atom is -0.303 e. The Labute approximate surface area is 113 Å². The lowest BCUT2D eigenvalue weighted by Crippen LogP contribution is -2.47. The van der Waals surface area contributed by atoms with Crippen LogP contribution in [-0.2, 0) is 0 Å². The molecule has 3 atom stereocenters. The van der Waals surface area contributed by atoms with Crippen molar-refractivity contribution < 1.29 is 0 Å². The molecule has 1 aliphatic carbocycles. The van der Waals surface area contributed by atoms with Crippen LogP contribution in [0.25, 0.3) is 0 Å². The maximum Gasteiger partial charge on any atom is 0.105 e. The largest absolute Gasteiger partial charge is 0.303 e. The minimum atomic E-state index is -0.371. The van der Waals surface area contributed by atoms with Crippen molar-refractivity contribution in [2.45, 2.75) is 71.0 Å². The molecule has 3 unspecified atom stereocenters. The second kappa shape index (κ2) is 6.54. The van der Waals surface area contributed by atoms with Crippen LogP contribution in [0, 0.1) is 17.2 Å². The van der Waals surface area contributed by atoms with Crippen LogP contribution < -0.4 is 5.32 Å². The van der Waals surface area contributed by atoms with Gasteiger partial charge in [-0.2, -0.15) is 5.26 Å². The predicted molar refractivity (Wildman–Crippen MR) is 76.3 cm³/mol. The van der Waals surface area contributed by atoms with E-state index in [1.54, 1.807) is 0 Å². The molecule has 1 rings (SSSR count). The molecular weight excluding hydrogens is 222 g/mol. The summed E-state index contributed by atoms with van der Waals surface area (Å²) in [6, 6.07) is 3.49. The van der Waals surface area contributed by atoms with E-state index in [0.717, 1.165) is 18.9 Å². The molecule has 0 saturated heterocycles. The van der Waals surface area contributed by atoms with Crippen LogP contribution in [0.15, 0.2) is 0 Å². The molecule has 0 heterocycles. The standard InChI is InChI=1S/C15H29N3/c1-6-12(2)10-18(5)13(3)9-15(4,11-16)17-14-7-8-14/h12-14,17H,6-10H2,1-5H3. The smallest absolute Gasteiger partial charge is 0.105 e. The molecule has 1 N–H and O–H groups in total. The lowest BCUT2D eigenvalue weighted by Gasteiger charge is -2.33. The molecule has 1 aliphatic rings. The van der Waals surface area contributed by atoms with E-state index in [2.05, 4.69) is 44.1 Å². The normalized spacial score (nSPS) is 22.3. The van der Waals surface area contributed by atoms with Crippen LogP contribution in [0.3, 0.4) is 0 Å². The predicted octanol–water partition coefficient (Wildman–Crippen LogP) is 2.78. The molecule has 104 valence electrons. The highest BCUT2D eigenvalue weighted by Crippen LogP contribution is 2.25. The molecule has 0 aliphatic heterocycles. The van der Waals surface area contributed by atoms with Crippen molar-refractivity contribution in [1.82, 2.24) is 10.2 Å². The first kappa shape index (κ1) is 15.5. The lowest BCUT2D eigenvalue weighted by molar-refractivity contribution is 0.188. The Balaban J connectivity index is 2.44. The Morgan fingerprint density at radius 2 is 2.06 bits per heavy atom. The monoisotopic (exact) mass is 251 g/mol. The minimum absolute atomic E-state index is 0.371. The zero-order valence-electron chi connectivity index (χ0n) is 12.7. The molecule has 0 aromatic rings. The van der Waals surface area contributed by atoms with Gasteiger partial charge in [-0.3, -0.25) is 5.32 Å². The number of nitrogens with one attached hydrogen (secondary N) is 1. The molecule has 1 fully saturated rings. The summed E-state index contributed by atoms with van der Waals surface area (Å²) >= 11 is 0. The number of hydrogen-bond acceptors (Lipinski definition) is 3. The quantitative estimate of drug-likeness (QED) is 0.721. The van der Waals surface area contributed by atoms with E-state index in [-0.39, 0.29) is 5.54 Å². The van der Waals surface area contributed by atoms with Gasteiger partial charge in [0.1, 0.15) is 5.54 Å². The first-order valence-corrected chi connectivity index (χ1v) is 7.29. The molecule has 0 radical (unpaired) electrons. The molecule has 0 aromatic heterocycles. The van der Waals surface area contributed by atoms with Crippen molar-refractivity contribution in [3.63, 3.8) is 0 Å². The Morgan fingerprint density at radius 3 is 2.50 bits per heavy atom. The van der Waals surface area contributed by atoms with Crippen molar-refractivity contribution >= 4 is 0 Å². The fourth-order valence-electron chi connectivity index (χ4n) is 2.36. The molecule has 0 aromatic carbocycles. The van der Waals surface area contributed by atoms with Crippen LogP contribution >= 0.6 is 0 Å². The van der Waals surface area contributed by atoms with E-state index in [1.807, 2.05) is 6.92 Å². The molecule has 1 saturated carbocycles. The van der Waals surface area contributed by atoms with Crippen molar-refractivity contribution in [2.24, 2.45) is 5.92 Å². The third kappa shape index (κ3) is 4.96. The van der Waals surface area contributed by atoms with Crippen molar-refractivity contribution in [2.75, 3.05) is 13.6 Å². The number of hydrogen-bond donors (Lipinski definition) is 1. The van der Waals surface area contributed by atoms with Crippen molar-refractivity contribution in [3.05, 3.63) is 0 Å². The number of rotatable bonds is 8. The molecule has 0 spiro atoms. The van der Waals surface area contributed by atoms with Crippen molar-refractivity contribution in [3.8, 4) is 6.07 Å². The topological polar surface area (TPSA) is 39.1 Å². The van der Waals surface area contributed by atoms with E-state index < -0.39 is 0 Å². The number of nitriles is 1. The summed E-state index contributed by atoms with van der Waals surface area (Å²) in [7, 11) is 2.17. The maximum absolute atomic E-state index is 9.39. The van der Waals surface area contributed by atoms with Gasteiger partial charge in [0, 0.05) is 18.6 Å².